The minimum Gasteiger partial charge on any atom is -0.467 e. The van der Waals surface area contributed by atoms with Crippen LogP contribution >= 0.6 is 0 Å². The minimum absolute atomic E-state index is 0.349. The van der Waals surface area contributed by atoms with Crippen molar-refractivity contribution in [2.75, 3.05) is 6.54 Å². The molecule has 0 spiro atoms. The molecule has 3 rings (SSSR count). The molecule has 1 saturated heterocycles. The van der Waals surface area contributed by atoms with Crippen molar-refractivity contribution in [1.29, 1.82) is 0 Å². The standard InChI is InChI=1S/C15H20N2O3/c1-11-9-16-15(20-11)10-17-6-2-4-12(17)8-13(18)14-5-3-7-19-14/h3,5,7,9,12-13,18H,2,4,6,8,10H2,1H3. The summed E-state index contributed by atoms with van der Waals surface area (Å²) >= 11 is 0. The van der Waals surface area contributed by atoms with E-state index in [0.29, 0.717) is 24.8 Å². The number of aromatic nitrogens is 1. The number of oxazole rings is 1. The van der Waals surface area contributed by atoms with E-state index in [9.17, 15) is 5.11 Å². The van der Waals surface area contributed by atoms with Crippen molar-refractivity contribution in [2.24, 2.45) is 0 Å². The molecule has 0 radical (unpaired) electrons. The fraction of sp³-hybridized carbons (Fsp3) is 0.533. The van der Waals surface area contributed by atoms with Crippen molar-refractivity contribution in [3.63, 3.8) is 0 Å². The SMILES string of the molecule is Cc1cnc(CN2CCCC2CC(O)c2ccco2)o1. The lowest BCUT2D eigenvalue weighted by atomic mass is 10.1. The van der Waals surface area contributed by atoms with Gasteiger partial charge in [0.15, 0.2) is 0 Å². The first-order chi connectivity index (χ1) is 9.72. The number of nitrogens with zero attached hydrogens (tertiary/aromatic N) is 2. The summed E-state index contributed by atoms with van der Waals surface area (Å²) < 4.78 is 10.8. The highest BCUT2D eigenvalue weighted by Gasteiger charge is 2.28. The Labute approximate surface area is 118 Å². The van der Waals surface area contributed by atoms with Gasteiger partial charge < -0.3 is 13.9 Å². The molecule has 5 nitrogen and oxygen atoms in total. The molecular weight excluding hydrogens is 256 g/mol. The molecule has 0 aromatic carbocycles. The molecular formula is C15H20N2O3. The molecule has 2 aromatic rings. The number of hydrogen-bond donors (Lipinski definition) is 1. The van der Waals surface area contributed by atoms with Crippen molar-refractivity contribution >= 4 is 0 Å². The highest BCUT2D eigenvalue weighted by Crippen LogP contribution is 2.28. The van der Waals surface area contributed by atoms with Crippen molar-refractivity contribution in [1.82, 2.24) is 9.88 Å². The first-order valence-electron chi connectivity index (χ1n) is 7.09. The summed E-state index contributed by atoms with van der Waals surface area (Å²) in [7, 11) is 0. The van der Waals surface area contributed by atoms with Crippen LogP contribution in [0.25, 0.3) is 0 Å². The van der Waals surface area contributed by atoms with Crippen LogP contribution in [0.2, 0.25) is 0 Å². The molecule has 1 fully saturated rings. The molecule has 108 valence electrons. The number of aliphatic hydroxyl groups excluding tert-OH is 1. The average molecular weight is 276 g/mol. The van der Waals surface area contributed by atoms with Gasteiger partial charge in [0, 0.05) is 6.04 Å². The van der Waals surface area contributed by atoms with E-state index in [0.717, 1.165) is 31.0 Å². The molecule has 1 aliphatic rings. The quantitative estimate of drug-likeness (QED) is 0.909. The van der Waals surface area contributed by atoms with Crippen LogP contribution in [-0.2, 0) is 6.54 Å². The Bertz CT molecular complexity index is 535. The Morgan fingerprint density at radius 1 is 1.55 bits per heavy atom. The lowest BCUT2D eigenvalue weighted by Gasteiger charge is -2.24. The van der Waals surface area contributed by atoms with Crippen LogP contribution in [0.4, 0.5) is 0 Å². The summed E-state index contributed by atoms with van der Waals surface area (Å²) in [6.45, 7) is 3.64. The Morgan fingerprint density at radius 3 is 3.15 bits per heavy atom. The van der Waals surface area contributed by atoms with E-state index in [2.05, 4.69) is 9.88 Å². The van der Waals surface area contributed by atoms with Crippen LogP contribution in [0.1, 0.15) is 42.8 Å². The van der Waals surface area contributed by atoms with Gasteiger partial charge in [-0.2, -0.15) is 0 Å². The number of hydrogen-bond acceptors (Lipinski definition) is 5. The van der Waals surface area contributed by atoms with Gasteiger partial charge in [0.25, 0.3) is 0 Å². The zero-order valence-electron chi connectivity index (χ0n) is 11.7. The second kappa shape index (κ2) is 5.81. The fourth-order valence-corrected chi connectivity index (χ4v) is 2.87. The van der Waals surface area contributed by atoms with Crippen molar-refractivity contribution < 1.29 is 13.9 Å². The van der Waals surface area contributed by atoms with Crippen LogP contribution in [0.3, 0.4) is 0 Å². The first kappa shape index (κ1) is 13.4. The number of likely N-dealkylation sites (tertiary alicyclic amines) is 1. The van der Waals surface area contributed by atoms with E-state index in [-0.39, 0.29) is 0 Å². The zero-order valence-corrected chi connectivity index (χ0v) is 11.7. The maximum absolute atomic E-state index is 10.2. The highest BCUT2D eigenvalue weighted by atomic mass is 16.4. The van der Waals surface area contributed by atoms with Gasteiger partial charge in [-0.25, -0.2) is 4.98 Å². The van der Waals surface area contributed by atoms with Crippen LogP contribution in [0, 0.1) is 6.92 Å². The third-order valence-corrected chi connectivity index (χ3v) is 3.87. The second-order valence-corrected chi connectivity index (χ2v) is 5.40. The van der Waals surface area contributed by atoms with Crippen molar-refractivity contribution in [3.05, 3.63) is 42.0 Å². The normalized spacial score (nSPS) is 21.4. The van der Waals surface area contributed by atoms with Gasteiger partial charge in [-0.1, -0.05) is 0 Å². The predicted molar refractivity (Wildman–Crippen MR) is 73.0 cm³/mol. The van der Waals surface area contributed by atoms with Crippen LogP contribution in [0.15, 0.2) is 33.4 Å². The van der Waals surface area contributed by atoms with Crippen molar-refractivity contribution in [2.45, 2.75) is 44.9 Å². The molecule has 1 N–H and O–H groups in total. The largest absolute Gasteiger partial charge is 0.467 e. The molecule has 1 aliphatic heterocycles. The van der Waals surface area contributed by atoms with E-state index in [4.69, 9.17) is 8.83 Å². The Morgan fingerprint density at radius 2 is 2.45 bits per heavy atom. The molecule has 2 atom stereocenters. The maximum Gasteiger partial charge on any atom is 0.208 e. The molecule has 3 heterocycles. The summed E-state index contributed by atoms with van der Waals surface area (Å²) in [5.41, 5.74) is 0. The smallest absolute Gasteiger partial charge is 0.208 e. The van der Waals surface area contributed by atoms with Crippen LogP contribution in [-0.4, -0.2) is 27.6 Å². The second-order valence-electron chi connectivity index (χ2n) is 5.40. The molecule has 2 aromatic heterocycles. The van der Waals surface area contributed by atoms with E-state index in [1.54, 1.807) is 18.5 Å². The summed E-state index contributed by atoms with van der Waals surface area (Å²) in [4.78, 5) is 6.58. The highest BCUT2D eigenvalue weighted by molar-refractivity contribution is 5.03. The molecule has 0 aliphatic carbocycles. The van der Waals surface area contributed by atoms with Gasteiger partial charge in [0.2, 0.25) is 5.89 Å². The summed E-state index contributed by atoms with van der Waals surface area (Å²) in [6.07, 6.45) is 5.74. The van der Waals surface area contributed by atoms with Gasteiger partial charge in [0.1, 0.15) is 17.6 Å². The number of aryl methyl sites for hydroxylation is 1. The van der Waals surface area contributed by atoms with E-state index < -0.39 is 6.10 Å². The van der Waals surface area contributed by atoms with Gasteiger partial charge in [-0.3, -0.25) is 4.90 Å². The maximum atomic E-state index is 10.2. The number of aliphatic hydroxyl groups is 1. The van der Waals surface area contributed by atoms with E-state index in [1.807, 2.05) is 13.0 Å². The van der Waals surface area contributed by atoms with Crippen molar-refractivity contribution in [3.8, 4) is 0 Å². The summed E-state index contributed by atoms with van der Waals surface area (Å²) in [5.74, 6) is 2.23. The lowest BCUT2D eigenvalue weighted by molar-refractivity contribution is 0.0963. The average Bonchev–Trinajstić information content (AvgIpc) is 3.13. The molecule has 0 amide bonds. The van der Waals surface area contributed by atoms with Crippen LogP contribution in [0.5, 0.6) is 0 Å². The topological polar surface area (TPSA) is 62.6 Å². The molecule has 20 heavy (non-hydrogen) atoms. The number of rotatable bonds is 5. The van der Waals surface area contributed by atoms with Gasteiger partial charge in [-0.15, -0.1) is 0 Å². The lowest BCUT2D eigenvalue weighted by Crippen LogP contribution is -2.30. The Kier molecular flexibility index (Phi) is 3.89. The minimum atomic E-state index is -0.540. The van der Waals surface area contributed by atoms with E-state index >= 15 is 0 Å². The summed E-state index contributed by atoms with van der Waals surface area (Å²) in [5, 5.41) is 10.2. The zero-order chi connectivity index (χ0) is 13.9. The van der Waals surface area contributed by atoms with Crippen LogP contribution < -0.4 is 0 Å². The van der Waals surface area contributed by atoms with Gasteiger partial charge >= 0.3 is 0 Å². The van der Waals surface area contributed by atoms with E-state index in [1.165, 1.54) is 0 Å². The van der Waals surface area contributed by atoms with Gasteiger partial charge in [-0.05, 0) is 44.9 Å². The van der Waals surface area contributed by atoms with Gasteiger partial charge in [0.05, 0.1) is 19.0 Å². The fourth-order valence-electron chi connectivity index (χ4n) is 2.87. The predicted octanol–water partition coefficient (Wildman–Crippen LogP) is 2.66. The Hall–Kier alpha value is -1.59. The first-order valence-corrected chi connectivity index (χ1v) is 7.09. The third-order valence-electron chi connectivity index (χ3n) is 3.87. The molecule has 2 unspecified atom stereocenters. The molecule has 5 heteroatoms. The number of furan rings is 1. The molecule has 0 bridgehead atoms. The molecule has 0 saturated carbocycles. The third kappa shape index (κ3) is 2.94. The Balaban J connectivity index is 1.60. The summed E-state index contributed by atoms with van der Waals surface area (Å²) in [6, 6.07) is 3.98. The monoisotopic (exact) mass is 276 g/mol.